The van der Waals surface area contributed by atoms with Crippen molar-refractivity contribution in [2.45, 2.75) is 13.3 Å². The highest BCUT2D eigenvalue weighted by molar-refractivity contribution is 6.29. The van der Waals surface area contributed by atoms with Gasteiger partial charge in [-0.3, -0.25) is 0 Å². The van der Waals surface area contributed by atoms with Crippen LogP contribution in [0.15, 0.2) is 10.7 Å². The van der Waals surface area contributed by atoms with E-state index in [0.29, 0.717) is 5.16 Å². The molecular formula is C6H13ClN2. The molecule has 0 saturated carbocycles. The Morgan fingerprint density at radius 1 is 1.67 bits per heavy atom. The normalized spacial score (nSPS) is 13.2. The lowest BCUT2D eigenvalue weighted by molar-refractivity contribution is 0.838. The molecule has 0 bridgehead atoms. The van der Waals surface area contributed by atoms with Gasteiger partial charge in [-0.2, -0.15) is 0 Å². The number of nitrogens with two attached hydrogens (primary N) is 1. The fourth-order valence-electron chi connectivity index (χ4n) is 0.592. The number of nitrogens with one attached hydrogen (secondary N) is 1. The van der Waals surface area contributed by atoms with E-state index in [9.17, 15) is 0 Å². The number of hydrogen-bond donors (Lipinski definition) is 2. The van der Waals surface area contributed by atoms with Gasteiger partial charge in [-0.25, -0.2) is 0 Å². The third-order valence-electron chi connectivity index (χ3n) is 1.15. The molecule has 54 valence electrons. The molecule has 3 N–H and O–H groups in total. The van der Waals surface area contributed by atoms with E-state index in [4.69, 9.17) is 17.3 Å². The zero-order valence-corrected chi connectivity index (χ0v) is 6.63. The largest absolute Gasteiger partial charge is 0.389 e. The van der Waals surface area contributed by atoms with Crippen LogP contribution in [0.25, 0.3) is 0 Å². The Morgan fingerprint density at radius 2 is 2.22 bits per heavy atom. The average Bonchev–Trinajstić information content (AvgIpc) is 1.82. The van der Waals surface area contributed by atoms with Crippen LogP contribution in [-0.4, -0.2) is 13.6 Å². The second kappa shape index (κ2) is 4.65. The predicted octanol–water partition coefficient (Wildman–Crippen LogP) is 1.02. The van der Waals surface area contributed by atoms with Gasteiger partial charge in [0.2, 0.25) is 0 Å². The minimum atomic E-state index is 0.423. The highest BCUT2D eigenvalue weighted by Gasteiger charge is 1.95. The molecule has 0 atom stereocenters. The minimum Gasteiger partial charge on any atom is -0.389 e. The third kappa shape index (κ3) is 3.38. The fraction of sp³-hybridized carbons (Fsp3) is 0.667. The van der Waals surface area contributed by atoms with Crippen LogP contribution in [0.5, 0.6) is 0 Å². The first kappa shape index (κ1) is 8.79. The van der Waals surface area contributed by atoms with Gasteiger partial charge in [0, 0.05) is 6.54 Å². The Bertz CT molecular complexity index is 106. The maximum Gasteiger partial charge on any atom is 0.0996 e. The molecule has 0 spiro atoms. The molecule has 0 aliphatic heterocycles. The lowest BCUT2D eigenvalue weighted by Gasteiger charge is -2.02. The van der Waals surface area contributed by atoms with Gasteiger partial charge in [0.1, 0.15) is 0 Å². The molecule has 0 rings (SSSR count). The van der Waals surface area contributed by atoms with E-state index in [2.05, 4.69) is 5.32 Å². The maximum atomic E-state index is 5.54. The van der Waals surface area contributed by atoms with Crippen molar-refractivity contribution in [2.75, 3.05) is 13.6 Å². The summed E-state index contributed by atoms with van der Waals surface area (Å²) in [5.74, 6) is 0. The highest BCUT2D eigenvalue weighted by Crippen LogP contribution is 2.05. The Balaban J connectivity index is 3.83. The maximum absolute atomic E-state index is 5.54. The topological polar surface area (TPSA) is 38.0 Å². The smallest absolute Gasteiger partial charge is 0.0996 e. The molecule has 2 nitrogen and oxygen atoms in total. The van der Waals surface area contributed by atoms with Crippen LogP contribution in [0.2, 0.25) is 0 Å². The summed E-state index contributed by atoms with van der Waals surface area (Å²) < 4.78 is 0. The summed E-state index contributed by atoms with van der Waals surface area (Å²) in [6.45, 7) is 2.81. The van der Waals surface area contributed by atoms with Gasteiger partial charge in [0.15, 0.2) is 0 Å². The van der Waals surface area contributed by atoms with E-state index in [0.717, 1.165) is 18.5 Å². The van der Waals surface area contributed by atoms with Crippen molar-refractivity contribution < 1.29 is 0 Å². The highest BCUT2D eigenvalue weighted by atomic mass is 35.5. The molecule has 3 heteroatoms. The minimum absolute atomic E-state index is 0.423. The van der Waals surface area contributed by atoms with E-state index >= 15 is 0 Å². The molecule has 0 unspecified atom stereocenters. The Morgan fingerprint density at radius 3 is 2.33 bits per heavy atom. The monoisotopic (exact) mass is 148 g/mol. The standard InChI is InChI=1S/C6H13ClN2/c1-3-5(4-9-2)6(7)8/h9H,3-4,8H2,1-2H3/b6-5-. The van der Waals surface area contributed by atoms with E-state index in [1.54, 1.807) is 0 Å². The second-order valence-electron chi connectivity index (χ2n) is 1.84. The molecule has 0 aliphatic carbocycles. The van der Waals surface area contributed by atoms with Crippen molar-refractivity contribution in [1.29, 1.82) is 0 Å². The lowest BCUT2D eigenvalue weighted by Crippen LogP contribution is -2.12. The van der Waals surface area contributed by atoms with Gasteiger partial charge in [-0.05, 0) is 19.0 Å². The molecule has 0 radical (unpaired) electrons. The molecule has 0 aromatic heterocycles. The molecule has 0 amide bonds. The second-order valence-corrected chi connectivity index (χ2v) is 2.24. The Kier molecular flexibility index (Phi) is 4.54. The first-order valence-electron chi connectivity index (χ1n) is 3.00. The molecule has 0 fully saturated rings. The van der Waals surface area contributed by atoms with Crippen LogP contribution >= 0.6 is 11.6 Å². The molecule has 0 aliphatic rings. The van der Waals surface area contributed by atoms with E-state index < -0.39 is 0 Å². The van der Waals surface area contributed by atoms with Gasteiger partial charge in [0.25, 0.3) is 0 Å². The van der Waals surface area contributed by atoms with E-state index in [1.807, 2.05) is 14.0 Å². The zero-order chi connectivity index (χ0) is 7.28. The van der Waals surface area contributed by atoms with Crippen molar-refractivity contribution >= 4 is 11.6 Å². The van der Waals surface area contributed by atoms with E-state index in [-0.39, 0.29) is 0 Å². The summed E-state index contributed by atoms with van der Waals surface area (Å²) >= 11 is 5.54. The number of hydrogen-bond acceptors (Lipinski definition) is 2. The first-order valence-corrected chi connectivity index (χ1v) is 3.37. The van der Waals surface area contributed by atoms with Crippen LogP contribution in [0.1, 0.15) is 13.3 Å². The fourth-order valence-corrected chi connectivity index (χ4v) is 0.792. The predicted molar refractivity (Wildman–Crippen MR) is 41.3 cm³/mol. The summed E-state index contributed by atoms with van der Waals surface area (Å²) in [5.41, 5.74) is 6.41. The van der Waals surface area contributed by atoms with Crippen LogP contribution in [0, 0.1) is 0 Å². The van der Waals surface area contributed by atoms with Crippen LogP contribution in [0.3, 0.4) is 0 Å². The molecule has 9 heavy (non-hydrogen) atoms. The van der Waals surface area contributed by atoms with Crippen LogP contribution in [-0.2, 0) is 0 Å². The number of halogens is 1. The van der Waals surface area contributed by atoms with Crippen LogP contribution in [0.4, 0.5) is 0 Å². The Labute approximate surface area is 61.1 Å². The molecule has 0 aromatic rings. The summed E-state index contributed by atoms with van der Waals surface area (Å²) in [4.78, 5) is 0. The van der Waals surface area contributed by atoms with Crippen molar-refractivity contribution in [3.63, 3.8) is 0 Å². The lowest BCUT2D eigenvalue weighted by atomic mass is 10.2. The Hall–Kier alpha value is -0.210. The van der Waals surface area contributed by atoms with Gasteiger partial charge in [-0.1, -0.05) is 18.5 Å². The van der Waals surface area contributed by atoms with Gasteiger partial charge in [0.05, 0.1) is 5.16 Å². The average molecular weight is 149 g/mol. The molecule has 0 aromatic carbocycles. The first-order chi connectivity index (χ1) is 4.22. The summed E-state index contributed by atoms with van der Waals surface area (Å²) in [6.07, 6.45) is 0.913. The van der Waals surface area contributed by atoms with Crippen molar-refractivity contribution in [3.05, 3.63) is 10.7 Å². The zero-order valence-electron chi connectivity index (χ0n) is 5.87. The number of likely N-dealkylation sites (N-methyl/N-ethyl adjacent to an activating group) is 1. The van der Waals surface area contributed by atoms with E-state index in [1.165, 1.54) is 0 Å². The molecule has 0 saturated heterocycles. The van der Waals surface area contributed by atoms with Crippen molar-refractivity contribution in [1.82, 2.24) is 5.32 Å². The van der Waals surface area contributed by atoms with Crippen molar-refractivity contribution in [3.8, 4) is 0 Å². The quantitative estimate of drug-likeness (QED) is 0.587. The van der Waals surface area contributed by atoms with Gasteiger partial charge >= 0.3 is 0 Å². The third-order valence-corrected chi connectivity index (χ3v) is 1.42. The van der Waals surface area contributed by atoms with Gasteiger partial charge < -0.3 is 11.1 Å². The van der Waals surface area contributed by atoms with Gasteiger partial charge in [-0.15, -0.1) is 0 Å². The summed E-state index contributed by atoms with van der Waals surface area (Å²) in [6, 6.07) is 0. The summed E-state index contributed by atoms with van der Waals surface area (Å²) in [7, 11) is 1.87. The SMILES string of the molecule is CC/C(CNC)=C(/N)Cl. The molecule has 0 heterocycles. The number of rotatable bonds is 3. The summed E-state index contributed by atoms with van der Waals surface area (Å²) in [5, 5.41) is 3.40. The molecular weight excluding hydrogens is 136 g/mol. The van der Waals surface area contributed by atoms with Crippen LogP contribution < -0.4 is 11.1 Å². The van der Waals surface area contributed by atoms with Crippen molar-refractivity contribution in [2.24, 2.45) is 5.73 Å².